The number of nitrogens with one attached hydrogen (secondary N) is 1. The van der Waals surface area contributed by atoms with E-state index in [2.05, 4.69) is 29.6 Å². The Morgan fingerprint density at radius 2 is 1.61 bits per heavy atom. The Bertz CT molecular complexity index is 1120. The van der Waals surface area contributed by atoms with Crippen LogP contribution in [0.25, 0.3) is 0 Å². The third kappa shape index (κ3) is 8.29. The normalized spacial score (nSPS) is 11.7. The van der Waals surface area contributed by atoms with Gasteiger partial charge in [0.2, 0.25) is 11.8 Å². The number of thioether (sulfide) groups is 1. The molecule has 1 atom stereocenters. The molecule has 0 saturated heterocycles. The Morgan fingerprint density at radius 1 is 0.944 bits per heavy atom. The second-order valence-corrected chi connectivity index (χ2v) is 10.6. The summed E-state index contributed by atoms with van der Waals surface area (Å²) in [7, 11) is 0. The number of benzene rings is 3. The van der Waals surface area contributed by atoms with Crippen molar-refractivity contribution in [2.75, 3.05) is 12.3 Å². The number of carbonyl (C=O) groups excluding carboxylic acids is 2. The standard InChI is InChI=1S/C29H32Cl2N2O2S/c1-3-17-32-29(35)27(19-22-8-5-4-6-9-22)33(20-24-25(30)10-7-11-26(24)31)28(34)16-18-36-23-14-12-21(2)13-15-23/h4-15,27H,3,16-20H2,1-2H3,(H,32,35)/t27-/m0/s1. The number of rotatable bonds is 12. The maximum atomic E-state index is 13.7. The minimum Gasteiger partial charge on any atom is -0.354 e. The molecule has 3 rings (SSSR count). The summed E-state index contributed by atoms with van der Waals surface area (Å²) < 4.78 is 0. The summed E-state index contributed by atoms with van der Waals surface area (Å²) in [6.07, 6.45) is 1.49. The first-order chi connectivity index (χ1) is 17.4. The predicted octanol–water partition coefficient (Wildman–Crippen LogP) is 6.95. The van der Waals surface area contributed by atoms with Crippen LogP contribution in [-0.2, 0) is 22.6 Å². The molecule has 36 heavy (non-hydrogen) atoms. The van der Waals surface area contributed by atoms with Crippen molar-refractivity contribution in [1.82, 2.24) is 10.2 Å². The SMILES string of the molecule is CCCNC(=O)[C@H](Cc1ccccc1)N(Cc1c(Cl)cccc1Cl)C(=O)CCSc1ccc(C)cc1. The van der Waals surface area contributed by atoms with E-state index in [-0.39, 0.29) is 24.8 Å². The van der Waals surface area contributed by atoms with E-state index < -0.39 is 6.04 Å². The Morgan fingerprint density at radius 3 is 2.25 bits per heavy atom. The van der Waals surface area contributed by atoms with Crippen LogP contribution in [0.2, 0.25) is 10.0 Å². The summed E-state index contributed by atoms with van der Waals surface area (Å²) in [5.41, 5.74) is 2.81. The average molecular weight is 544 g/mol. The van der Waals surface area contributed by atoms with Crippen LogP contribution < -0.4 is 5.32 Å². The molecule has 0 saturated carbocycles. The van der Waals surface area contributed by atoms with E-state index in [0.29, 0.717) is 34.3 Å². The Balaban J connectivity index is 1.87. The van der Waals surface area contributed by atoms with Gasteiger partial charge in [-0.2, -0.15) is 0 Å². The summed E-state index contributed by atoms with van der Waals surface area (Å²) in [6, 6.07) is 22.6. The van der Waals surface area contributed by atoms with Gasteiger partial charge >= 0.3 is 0 Å². The number of nitrogens with zero attached hydrogens (tertiary/aromatic N) is 1. The van der Waals surface area contributed by atoms with Crippen LogP contribution in [0.5, 0.6) is 0 Å². The first-order valence-electron chi connectivity index (χ1n) is 12.1. The van der Waals surface area contributed by atoms with Gasteiger partial charge in [-0.05, 0) is 43.2 Å². The largest absolute Gasteiger partial charge is 0.354 e. The molecule has 0 aliphatic heterocycles. The summed E-state index contributed by atoms with van der Waals surface area (Å²) in [5.74, 6) is 0.310. The van der Waals surface area contributed by atoms with Gasteiger partial charge in [0.1, 0.15) is 6.04 Å². The van der Waals surface area contributed by atoms with Gasteiger partial charge in [-0.1, -0.05) is 84.2 Å². The van der Waals surface area contributed by atoms with Crippen molar-refractivity contribution in [3.63, 3.8) is 0 Å². The minimum atomic E-state index is -0.692. The average Bonchev–Trinajstić information content (AvgIpc) is 2.88. The lowest BCUT2D eigenvalue weighted by Gasteiger charge is -2.32. The molecule has 0 fully saturated rings. The van der Waals surface area contributed by atoms with Crippen molar-refractivity contribution < 1.29 is 9.59 Å². The summed E-state index contributed by atoms with van der Waals surface area (Å²) >= 11 is 14.6. The van der Waals surface area contributed by atoms with Crippen molar-refractivity contribution in [2.24, 2.45) is 0 Å². The summed E-state index contributed by atoms with van der Waals surface area (Å²) in [4.78, 5) is 29.8. The summed E-state index contributed by atoms with van der Waals surface area (Å²) in [6.45, 7) is 4.75. The van der Waals surface area contributed by atoms with Crippen LogP contribution in [0.3, 0.4) is 0 Å². The van der Waals surface area contributed by atoms with Crippen molar-refractivity contribution in [1.29, 1.82) is 0 Å². The lowest BCUT2D eigenvalue weighted by molar-refractivity contribution is -0.141. The molecule has 0 aliphatic carbocycles. The molecule has 7 heteroatoms. The van der Waals surface area contributed by atoms with Gasteiger partial charge in [-0.25, -0.2) is 0 Å². The quantitative estimate of drug-likeness (QED) is 0.252. The minimum absolute atomic E-state index is 0.113. The highest BCUT2D eigenvalue weighted by Crippen LogP contribution is 2.28. The van der Waals surface area contributed by atoms with E-state index in [0.717, 1.165) is 16.9 Å². The molecule has 0 aliphatic rings. The number of carbonyl (C=O) groups is 2. The first kappa shape index (κ1) is 28.1. The van der Waals surface area contributed by atoms with E-state index >= 15 is 0 Å². The lowest BCUT2D eigenvalue weighted by atomic mass is 10.0. The fraction of sp³-hybridized carbons (Fsp3) is 0.310. The Kier molecular flexibility index (Phi) is 11.2. The maximum absolute atomic E-state index is 13.7. The second kappa shape index (κ2) is 14.3. The smallest absolute Gasteiger partial charge is 0.243 e. The zero-order chi connectivity index (χ0) is 25.9. The van der Waals surface area contributed by atoms with Gasteiger partial charge < -0.3 is 10.2 Å². The molecule has 0 unspecified atom stereocenters. The Hall–Kier alpha value is -2.47. The van der Waals surface area contributed by atoms with Crippen LogP contribution in [0, 0.1) is 6.92 Å². The molecular formula is C29H32Cl2N2O2S. The highest BCUT2D eigenvalue weighted by Gasteiger charge is 2.31. The number of hydrogen-bond acceptors (Lipinski definition) is 3. The van der Waals surface area contributed by atoms with Crippen molar-refractivity contribution in [3.8, 4) is 0 Å². The van der Waals surface area contributed by atoms with Crippen LogP contribution in [0.15, 0.2) is 77.7 Å². The zero-order valence-electron chi connectivity index (χ0n) is 20.7. The second-order valence-electron chi connectivity index (χ2n) is 8.63. The van der Waals surface area contributed by atoms with Crippen LogP contribution in [0.4, 0.5) is 0 Å². The van der Waals surface area contributed by atoms with Gasteiger partial charge in [-0.15, -0.1) is 11.8 Å². The zero-order valence-corrected chi connectivity index (χ0v) is 23.0. The highest BCUT2D eigenvalue weighted by molar-refractivity contribution is 7.99. The molecular weight excluding hydrogens is 511 g/mol. The highest BCUT2D eigenvalue weighted by atomic mass is 35.5. The van der Waals surface area contributed by atoms with Gasteiger partial charge in [0.25, 0.3) is 0 Å². The van der Waals surface area contributed by atoms with Crippen LogP contribution in [-0.4, -0.2) is 35.1 Å². The number of aryl methyl sites for hydroxylation is 1. The molecule has 0 bridgehead atoms. The summed E-state index contributed by atoms with van der Waals surface area (Å²) in [5, 5.41) is 3.93. The third-order valence-electron chi connectivity index (χ3n) is 5.82. The molecule has 3 aromatic rings. The topological polar surface area (TPSA) is 49.4 Å². The predicted molar refractivity (Wildman–Crippen MR) is 151 cm³/mol. The molecule has 190 valence electrons. The number of halogens is 2. The van der Waals surface area contributed by atoms with E-state index in [9.17, 15) is 9.59 Å². The van der Waals surface area contributed by atoms with Crippen LogP contribution >= 0.6 is 35.0 Å². The molecule has 0 heterocycles. The Labute approximate surface area is 228 Å². The third-order valence-corrected chi connectivity index (χ3v) is 7.54. The molecule has 0 spiro atoms. The maximum Gasteiger partial charge on any atom is 0.243 e. The molecule has 0 radical (unpaired) electrons. The fourth-order valence-corrected chi connectivity index (χ4v) is 5.17. The number of hydrogen-bond donors (Lipinski definition) is 1. The van der Waals surface area contributed by atoms with Gasteiger partial charge in [-0.3, -0.25) is 9.59 Å². The van der Waals surface area contributed by atoms with Crippen LogP contribution in [0.1, 0.15) is 36.5 Å². The lowest BCUT2D eigenvalue weighted by Crippen LogP contribution is -2.50. The van der Waals surface area contributed by atoms with Crippen molar-refractivity contribution in [2.45, 2.75) is 50.6 Å². The fourth-order valence-electron chi connectivity index (χ4n) is 3.81. The molecule has 1 N–H and O–H groups in total. The van der Waals surface area contributed by atoms with Gasteiger partial charge in [0.05, 0.1) is 0 Å². The molecule has 4 nitrogen and oxygen atoms in total. The van der Waals surface area contributed by atoms with Crippen molar-refractivity contribution in [3.05, 3.63) is 99.5 Å². The van der Waals surface area contributed by atoms with Gasteiger partial charge in [0.15, 0.2) is 0 Å². The van der Waals surface area contributed by atoms with Crippen molar-refractivity contribution >= 4 is 46.8 Å². The van der Waals surface area contributed by atoms with E-state index in [1.165, 1.54) is 5.56 Å². The monoisotopic (exact) mass is 542 g/mol. The molecule has 0 aromatic heterocycles. The molecule has 3 aromatic carbocycles. The van der Waals surface area contributed by atoms with Gasteiger partial charge in [0, 0.05) is 52.2 Å². The molecule has 2 amide bonds. The first-order valence-corrected chi connectivity index (χ1v) is 13.9. The van der Waals surface area contributed by atoms with E-state index in [4.69, 9.17) is 23.2 Å². The van der Waals surface area contributed by atoms with E-state index in [1.54, 1.807) is 34.9 Å². The van der Waals surface area contributed by atoms with E-state index in [1.807, 2.05) is 44.2 Å². The number of amides is 2.